The van der Waals surface area contributed by atoms with Crippen LogP contribution in [-0.4, -0.2) is 41.2 Å². The molecule has 1 saturated carbocycles. The van der Waals surface area contributed by atoms with Crippen molar-refractivity contribution in [1.29, 1.82) is 0 Å². The lowest BCUT2D eigenvalue weighted by Gasteiger charge is -2.50. The number of rotatable bonds is 3. The zero-order valence-electron chi connectivity index (χ0n) is 17.8. The first-order chi connectivity index (χ1) is 12.5. The average molecular weight is 425 g/mol. The summed E-state index contributed by atoms with van der Waals surface area (Å²) in [7, 11) is -1.86. The molecule has 0 unspecified atom stereocenters. The third-order valence-electron chi connectivity index (χ3n) is 7.50. The normalized spacial score (nSPS) is 38.2. The maximum absolute atomic E-state index is 11.7. The van der Waals surface area contributed by atoms with Crippen molar-refractivity contribution in [1.82, 2.24) is 0 Å². The van der Waals surface area contributed by atoms with Crippen molar-refractivity contribution in [2.24, 2.45) is 11.3 Å². The fraction of sp³-hybridized carbons (Fsp3) is 0.818. The van der Waals surface area contributed by atoms with Gasteiger partial charge in [-0.1, -0.05) is 39.7 Å². The lowest BCUT2D eigenvalue weighted by atomic mass is 9.62. The van der Waals surface area contributed by atoms with Gasteiger partial charge in [0.2, 0.25) is 0 Å². The van der Waals surface area contributed by atoms with Crippen molar-refractivity contribution in [3.05, 3.63) is 11.6 Å². The van der Waals surface area contributed by atoms with Gasteiger partial charge in [-0.25, -0.2) is 0 Å². The van der Waals surface area contributed by atoms with Gasteiger partial charge in [-0.2, -0.15) is 0 Å². The van der Waals surface area contributed by atoms with Crippen LogP contribution in [-0.2, 0) is 4.43 Å². The molecule has 0 bridgehead atoms. The molecule has 5 heteroatoms. The molecule has 1 saturated heterocycles. The first-order valence-electron chi connectivity index (χ1n) is 10.3. The number of hydrogen-bond donors (Lipinski definition) is 1. The van der Waals surface area contributed by atoms with Crippen LogP contribution < -0.4 is 0 Å². The largest absolute Gasteiger partial charge is 0.413 e. The molecule has 0 spiro atoms. The molecule has 3 rings (SSSR count). The molecule has 0 aromatic carbocycles. The summed E-state index contributed by atoms with van der Waals surface area (Å²) in [5.74, 6) is 5.27. The van der Waals surface area contributed by atoms with Crippen LogP contribution in [0.3, 0.4) is 0 Å². The monoisotopic (exact) mass is 424 g/mol. The Morgan fingerprint density at radius 3 is 2.44 bits per heavy atom. The van der Waals surface area contributed by atoms with E-state index >= 15 is 0 Å². The third kappa shape index (κ3) is 3.70. The van der Waals surface area contributed by atoms with E-state index < -0.39 is 13.9 Å². The van der Waals surface area contributed by atoms with Gasteiger partial charge in [0.25, 0.3) is 0 Å². The number of terminal acetylenes is 1. The highest BCUT2D eigenvalue weighted by molar-refractivity contribution is 8.17. The predicted molar refractivity (Wildman–Crippen MR) is 123 cm³/mol. The topological polar surface area (TPSA) is 29.5 Å². The van der Waals surface area contributed by atoms with Gasteiger partial charge in [-0.3, -0.25) is 0 Å². The number of aliphatic hydroxyl groups is 1. The standard InChI is InChI=1S/C22H36O2S2Si/c1-8-22(23)16(19-25-14-9-15-26-19)12-13-21(5)17(22)10-11-18(21)24-27(6,7)20(2,3)4/h1,12,17-19,23H,9-11,13-15H2,2-7H3/t17-,18+,21+,22-/m1/s1. The van der Waals surface area contributed by atoms with Crippen molar-refractivity contribution in [3.63, 3.8) is 0 Å². The first-order valence-corrected chi connectivity index (χ1v) is 15.3. The van der Waals surface area contributed by atoms with Gasteiger partial charge in [-0.15, -0.1) is 29.9 Å². The zero-order valence-corrected chi connectivity index (χ0v) is 20.4. The second-order valence-corrected chi connectivity index (χ2v) is 17.7. The lowest BCUT2D eigenvalue weighted by molar-refractivity contribution is -0.0337. The fourth-order valence-electron chi connectivity index (χ4n) is 4.70. The van der Waals surface area contributed by atoms with Crippen LogP contribution in [0.25, 0.3) is 0 Å². The molecule has 1 aliphatic heterocycles. The highest BCUT2D eigenvalue weighted by Crippen LogP contribution is 2.59. The van der Waals surface area contributed by atoms with Crippen LogP contribution in [0.2, 0.25) is 18.1 Å². The smallest absolute Gasteiger partial charge is 0.192 e. The molecule has 3 aliphatic rings. The minimum atomic E-state index is -1.86. The SMILES string of the molecule is C#C[C@@]1(O)C(C2SCCCS2)=CC[C@]2(C)[C@@H](O[Si](C)(C)C(C)(C)C)CC[C@H]21. The molecule has 2 nitrogen and oxygen atoms in total. The Morgan fingerprint density at radius 2 is 1.89 bits per heavy atom. The van der Waals surface area contributed by atoms with E-state index in [1.807, 2.05) is 23.5 Å². The van der Waals surface area contributed by atoms with Gasteiger partial charge in [0.15, 0.2) is 13.9 Å². The lowest BCUT2D eigenvalue weighted by Crippen LogP contribution is -2.54. The van der Waals surface area contributed by atoms with E-state index in [9.17, 15) is 5.11 Å². The van der Waals surface area contributed by atoms with Crippen molar-refractivity contribution in [2.45, 2.75) is 87.8 Å². The average Bonchev–Trinajstić information content (AvgIpc) is 2.92. The predicted octanol–water partition coefficient (Wildman–Crippen LogP) is 5.68. The minimum absolute atomic E-state index is 0.0792. The molecule has 2 aliphatic carbocycles. The van der Waals surface area contributed by atoms with Crippen molar-refractivity contribution in [3.8, 4) is 12.3 Å². The summed E-state index contributed by atoms with van der Waals surface area (Å²) in [4.78, 5) is 0. The zero-order chi connectivity index (χ0) is 20.1. The summed E-state index contributed by atoms with van der Waals surface area (Å²) in [6, 6.07) is 0. The van der Waals surface area contributed by atoms with E-state index in [-0.39, 0.29) is 22.5 Å². The highest BCUT2D eigenvalue weighted by atomic mass is 32.2. The van der Waals surface area contributed by atoms with Crippen LogP contribution in [0.15, 0.2) is 11.6 Å². The van der Waals surface area contributed by atoms with E-state index in [4.69, 9.17) is 10.8 Å². The van der Waals surface area contributed by atoms with Gasteiger partial charge < -0.3 is 9.53 Å². The maximum atomic E-state index is 11.7. The number of thioether (sulfide) groups is 2. The van der Waals surface area contributed by atoms with Gasteiger partial charge in [0.1, 0.15) is 0 Å². The summed E-state index contributed by atoms with van der Waals surface area (Å²) in [6.45, 7) is 13.8. The van der Waals surface area contributed by atoms with E-state index in [1.54, 1.807) is 0 Å². The Labute approximate surface area is 175 Å². The van der Waals surface area contributed by atoms with Crippen molar-refractivity contribution in [2.75, 3.05) is 11.5 Å². The second kappa shape index (κ2) is 7.43. The Hall–Kier alpha value is 0.137. The third-order valence-corrected chi connectivity index (χ3v) is 15.0. The van der Waals surface area contributed by atoms with Crippen LogP contribution in [0.4, 0.5) is 0 Å². The molecular formula is C22H36O2S2Si. The molecule has 2 fully saturated rings. The van der Waals surface area contributed by atoms with E-state index in [0.29, 0.717) is 4.58 Å². The Morgan fingerprint density at radius 1 is 1.26 bits per heavy atom. The molecular weight excluding hydrogens is 388 g/mol. The van der Waals surface area contributed by atoms with Crippen molar-refractivity contribution >= 4 is 31.8 Å². The van der Waals surface area contributed by atoms with E-state index in [1.165, 1.54) is 6.42 Å². The summed E-state index contributed by atoms with van der Waals surface area (Å²) < 4.78 is 7.18. The number of hydrogen-bond acceptors (Lipinski definition) is 4. The van der Waals surface area contributed by atoms with Crippen molar-refractivity contribution < 1.29 is 9.53 Å². The number of fused-ring (bicyclic) bond motifs is 1. The Bertz CT molecular complexity index is 642. The van der Waals surface area contributed by atoms with Gasteiger partial charge in [-0.05, 0) is 60.9 Å². The molecule has 1 N–H and O–H groups in total. The summed E-state index contributed by atoms with van der Waals surface area (Å²) in [6.07, 6.45) is 12.6. The molecule has 1 heterocycles. The van der Waals surface area contributed by atoms with Gasteiger partial charge in [0, 0.05) is 11.3 Å². The highest BCUT2D eigenvalue weighted by Gasteiger charge is 2.60. The molecule has 27 heavy (non-hydrogen) atoms. The number of allylic oxidation sites excluding steroid dienone is 1. The van der Waals surface area contributed by atoms with Crippen LogP contribution in [0.5, 0.6) is 0 Å². The van der Waals surface area contributed by atoms with Gasteiger partial charge >= 0.3 is 0 Å². The summed E-state index contributed by atoms with van der Waals surface area (Å²) in [5, 5.41) is 11.9. The fourth-order valence-corrected chi connectivity index (χ4v) is 9.26. The Balaban J connectivity index is 1.90. The van der Waals surface area contributed by atoms with Crippen LogP contribution >= 0.6 is 23.5 Å². The Kier molecular flexibility index (Phi) is 6.01. The van der Waals surface area contributed by atoms with Gasteiger partial charge in [0.05, 0.1) is 10.7 Å². The minimum Gasteiger partial charge on any atom is -0.413 e. The molecule has 4 atom stereocenters. The van der Waals surface area contributed by atoms with Crippen LogP contribution in [0, 0.1) is 23.7 Å². The molecule has 0 amide bonds. The van der Waals surface area contributed by atoms with E-state index in [2.05, 4.69) is 52.8 Å². The maximum Gasteiger partial charge on any atom is 0.192 e. The second-order valence-electron chi connectivity index (χ2n) is 10.2. The molecule has 0 aromatic heterocycles. The summed E-state index contributed by atoms with van der Waals surface area (Å²) >= 11 is 3.90. The van der Waals surface area contributed by atoms with E-state index in [0.717, 1.165) is 36.3 Å². The summed E-state index contributed by atoms with van der Waals surface area (Å²) in [5.41, 5.74) is -0.111. The molecule has 0 radical (unpaired) electrons. The molecule has 152 valence electrons. The quantitative estimate of drug-likeness (QED) is 0.358. The molecule has 0 aromatic rings. The van der Waals surface area contributed by atoms with Crippen LogP contribution in [0.1, 0.15) is 53.4 Å². The first kappa shape index (κ1) is 21.8.